The molecule has 0 spiro atoms. The molecule has 0 saturated carbocycles. The van der Waals surface area contributed by atoms with Crippen LogP contribution < -0.4 is 0 Å². The first-order chi connectivity index (χ1) is 9.42. The van der Waals surface area contributed by atoms with Gasteiger partial charge in [0.2, 0.25) is 6.41 Å². The summed E-state index contributed by atoms with van der Waals surface area (Å²) in [6.45, 7) is 5.58. The monoisotopic (exact) mass is 283 g/mol. The van der Waals surface area contributed by atoms with Gasteiger partial charge in [0.1, 0.15) is 11.7 Å². The van der Waals surface area contributed by atoms with E-state index in [1.165, 1.54) is 0 Å². The predicted molar refractivity (Wildman–Crippen MR) is 75.1 cm³/mol. The molecule has 2 aliphatic rings. The summed E-state index contributed by atoms with van der Waals surface area (Å²) in [7, 11) is 1.55. The molecule has 3 atom stereocenters. The lowest BCUT2D eigenvalue weighted by molar-refractivity contribution is -0.161. The Morgan fingerprint density at radius 1 is 1.35 bits per heavy atom. The fourth-order valence-electron chi connectivity index (χ4n) is 2.63. The summed E-state index contributed by atoms with van der Waals surface area (Å²) in [6.07, 6.45) is 7.22. The van der Waals surface area contributed by atoms with Crippen molar-refractivity contribution in [1.82, 2.24) is 4.90 Å². The first-order valence-electron chi connectivity index (χ1n) is 7.28. The van der Waals surface area contributed by atoms with Gasteiger partial charge in [0.15, 0.2) is 0 Å². The third kappa shape index (κ3) is 3.52. The molecule has 5 nitrogen and oxygen atoms in total. The number of fused-ring (bicyclic) bond motifs is 1. The van der Waals surface area contributed by atoms with Gasteiger partial charge in [-0.1, -0.05) is 18.6 Å². The molecule has 0 aromatic carbocycles. The highest BCUT2D eigenvalue weighted by atomic mass is 16.7. The van der Waals surface area contributed by atoms with Gasteiger partial charge in [-0.25, -0.2) is 4.79 Å². The summed E-state index contributed by atoms with van der Waals surface area (Å²) in [6, 6.07) is -0.00801. The van der Waals surface area contributed by atoms with Crippen LogP contribution in [0.5, 0.6) is 0 Å². The van der Waals surface area contributed by atoms with E-state index in [1.54, 1.807) is 12.0 Å². The van der Waals surface area contributed by atoms with Gasteiger partial charge in [-0.15, -0.1) is 0 Å². The fraction of sp³-hybridized carbons (Fsp3) is 0.800. The van der Waals surface area contributed by atoms with Gasteiger partial charge >= 0.3 is 6.09 Å². The Morgan fingerprint density at radius 2 is 2.10 bits per heavy atom. The zero-order valence-corrected chi connectivity index (χ0v) is 12.8. The SMILES string of the molecule is COC1O[C@H]2/C=C\CCCC[C@H]2N1C(=O)OC(C)(C)C. The van der Waals surface area contributed by atoms with E-state index in [4.69, 9.17) is 14.2 Å². The molecule has 1 amide bonds. The molecule has 1 saturated heterocycles. The van der Waals surface area contributed by atoms with Crippen LogP contribution in [-0.2, 0) is 14.2 Å². The topological polar surface area (TPSA) is 48.0 Å². The van der Waals surface area contributed by atoms with Crippen LogP contribution in [0.2, 0.25) is 0 Å². The molecule has 1 aliphatic carbocycles. The average molecular weight is 283 g/mol. The number of carbonyl (C=O) groups is 1. The number of carbonyl (C=O) groups excluding carboxylic acids is 1. The quantitative estimate of drug-likeness (QED) is 0.694. The Balaban J connectivity index is 2.17. The van der Waals surface area contributed by atoms with Gasteiger partial charge < -0.3 is 14.2 Å². The summed E-state index contributed by atoms with van der Waals surface area (Å²) in [5.74, 6) is 0. The normalized spacial score (nSPS) is 32.2. The minimum Gasteiger partial charge on any atom is -0.444 e. The van der Waals surface area contributed by atoms with Crippen LogP contribution in [0.25, 0.3) is 0 Å². The molecule has 0 aromatic rings. The van der Waals surface area contributed by atoms with Gasteiger partial charge in [-0.2, -0.15) is 0 Å². The molecule has 20 heavy (non-hydrogen) atoms. The van der Waals surface area contributed by atoms with Crippen molar-refractivity contribution in [3.8, 4) is 0 Å². The van der Waals surface area contributed by atoms with E-state index in [9.17, 15) is 4.79 Å². The van der Waals surface area contributed by atoms with E-state index in [0.717, 1.165) is 25.7 Å². The average Bonchev–Trinajstić information content (AvgIpc) is 2.64. The summed E-state index contributed by atoms with van der Waals surface area (Å²) in [5, 5.41) is 0. The molecular weight excluding hydrogens is 258 g/mol. The van der Waals surface area contributed by atoms with Crippen LogP contribution in [0.3, 0.4) is 0 Å². The van der Waals surface area contributed by atoms with Crippen molar-refractivity contribution in [2.24, 2.45) is 0 Å². The van der Waals surface area contributed by atoms with Gasteiger partial charge in [-0.05, 0) is 40.0 Å². The minimum atomic E-state index is -0.664. The lowest BCUT2D eigenvalue weighted by Gasteiger charge is -2.30. The van der Waals surface area contributed by atoms with Crippen LogP contribution in [0.4, 0.5) is 4.79 Å². The second-order valence-electron chi connectivity index (χ2n) is 6.31. The lowest BCUT2D eigenvalue weighted by Crippen LogP contribution is -2.46. The van der Waals surface area contributed by atoms with E-state index < -0.39 is 12.0 Å². The number of nitrogens with zero attached hydrogens (tertiary/aromatic N) is 1. The Morgan fingerprint density at radius 3 is 2.75 bits per heavy atom. The number of hydrogen-bond donors (Lipinski definition) is 0. The fourth-order valence-corrected chi connectivity index (χ4v) is 2.63. The van der Waals surface area contributed by atoms with Crippen LogP contribution in [0.1, 0.15) is 46.5 Å². The van der Waals surface area contributed by atoms with E-state index in [1.807, 2.05) is 26.8 Å². The lowest BCUT2D eigenvalue weighted by atomic mass is 9.99. The number of allylic oxidation sites excluding steroid dienone is 1. The van der Waals surface area contributed by atoms with E-state index in [2.05, 4.69) is 6.08 Å². The third-order valence-corrected chi connectivity index (χ3v) is 3.49. The Bertz CT molecular complexity index is 375. The van der Waals surface area contributed by atoms with Crippen molar-refractivity contribution in [2.75, 3.05) is 7.11 Å². The Hall–Kier alpha value is -1.07. The minimum absolute atomic E-state index is 0.00801. The highest BCUT2D eigenvalue weighted by Crippen LogP contribution is 2.31. The van der Waals surface area contributed by atoms with Crippen molar-refractivity contribution in [2.45, 2.75) is 70.6 Å². The number of amides is 1. The maximum atomic E-state index is 12.4. The zero-order valence-electron chi connectivity index (χ0n) is 12.8. The molecule has 0 bridgehead atoms. The summed E-state index contributed by atoms with van der Waals surface area (Å²) >= 11 is 0. The van der Waals surface area contributed by atoms with Crippen molar-refractivity contribution in [1.29, 1.82) is 0 Å². The highest BCUT2D eigenvalue weighted by Gasteiger charge is 2.45. The number of rotatable bonds is 1. The molecule has 1 aliphatic heterocycles. The summed E-state index contributed by atoms with van der Waals surface area (Å²) in [5.41, 5.74) is -0.523. The molecule has 0 N–H and O–H groups in total. The van der Waals surface area contributed by atoms with E-state index in [-0.39, 0.29) is 18.2 Å². The number of hydrogen-bond acceptors (Lipinski definition) is 4. The van der Waals surface area contributed by atoms with Crippen molar-refractivity contribution in [3.05, 3.63) is 12.2 Å². The smallest absolute Gasteiger partial charge is 0.414 e. The number of ether oxygens (including phenoxy) is 3. The molecule has 5 heteroatoms. The predicted octanol–water partition coefficient (Wildman–Crippen LogP) is 3.05. The standard InChI is InChI=1S/C15H25NO4/c1-15(2,3)20-13(17)16-11-9-7-5-6-8-10-12(11)19-14(16)18-4/h8,10-12,14H,5-7,9H2,1-4H3/b10-8-/t11-,12+,14?/m1/s1. The molecule has 114 valence electrons. The van der Waals surface area contributed by atoms with Crippen LogP contribution in [0, 0.1) is 0 Å². The molecule has 1 heterocycles. The van der Waals surface area contributed by atoms with Crippen molar-refractivity contribution < 1.29 is 19.0 Å². The third-order valence-electron chi connectivity index (χ3n) is 3.49. The van der Waals surface area contributed by atoms with E-state index in [0.29, 0.717) is 0 Å². The Kier molecular flexibility index (Phi) is 4.70. The molecule has 2 rings (SSSR count). The van der Waals surface area contributed by atoms with Gasteiger partial charge in [0.05, 0.1) is 6.04 Å². The summed E-state index contributed by atoms with van der Waals surface area (Å²) in [4.78, 5) is 14.0. The van der Waals surface area contributed by atoms with Crippen molar-refractivity contribution >= 4 is 6.09 Å². The van der Waals surface area contributed by atoms with Crippen LogP contribution >= 0.6 is 0 Å². The molecule has 1 fully saturated rings. The number of methoxy groups -OCH3 is 1. The summed E-state index contributed by atoms with van der Waals surface area (Å²) < 4.78 is 16.6. The van der Waals surface area contributed by atoms with Gasteiger partial charge in [-0.3, -0.25) is 4.90 Å². The van der Waals surface area contributed by atoms with Crippen LogP contribution in [-0.4, -0.2) is 42.3 Å². The Labute approximate surface area is 120 Å². The van der Waals surface area contributed by atoms with Crippen LogP contribution in [0.15, 0.2) is 12.2 Å². The first kappa shape index (κ1) is 15.3. The second-order valence-corrected chi connectivity index (χ2v) is 6.31. The highest BCUT2D eigenvalue weighted by molar-refractivity contribution is 5.69. The zero-order chi connectivity index (χ0) is 14.8. The molecule has 1 unspecified atom stereocenters. The molecule has 0 radical (unpaired) electrons. The van der Waals surface area contributed by atoms with Crippen molar-refractivity contribution in [3.63, 3.8) is 0 Å². The largest absolute Gasteiger partial charge is 0.444 e. The van der Waals surface area contributed by atoms with Gasteiger partial charge in [0, 0.05) is 7.11 Å². The van der Waals surface area contributed by atoms with E-state index >= 15 is 0 Å². The van der Waals surface area contributed by atoms with Gasteiger partial charge in [0.25, 0.3) is 0 Å². The molecule has 0 aromatic heterocycles. The maximum absolute atomic E-state index is 12.4. The maximum Gasteiger partial charge on any atom is 0.414 e. The first-order valence-corrected chi connectivity index (χ1v) is 7.28. The molecular formula is C15H25NO4. The second kappa shape index (κ2) is 6.14.